The van der Waals surface area contributed by atoms with E-state index < -0.39 is 0 Å². The summed E-state index contributed by atoms with van der Waals surface area (Å²) in [6, 6.07) is 10.3. The Morgan fingerprint density at radius 3 is 2.71 bits per heavy atom. The van der Waals surface area contributed by atoms with Crippen LogP contribution in [0, 0.1) is 0 Å². The quantitative estimate of drug-likeness (QED) is 0.781. The molecule has 2 bridgehead atoms. The molecule has 0 amide bonds. The summed E-state index contributed by atoms with van der Waals surface area (Å²) in [4.78, 5) is 5.88. The van der Waals surface area contributed by atoms with Crippen molar-refractivity contribution in [1.29, 1.82) is 0 Å². The first-order chi connectivity index (χ1) is 8.42. The van der Waals surface area contributed by atoms with Crippen molar-refractivity contribution >= 4 is 16.6 Å². The van der Waals surface area contributed by atoms with Crippen LogP contribution >= 0.6 is 0 Å². The molecule has 2 N–H and O–H groups in total. The smallest absolute Gasteiger partial charge is 0.0455 e. The number of fused-ring (bicyclic) bond motifs is 3. The highest BCUT2D eigenvalue weighted by atomic mass is 15.3. The van der Waals surface area contributed by atoms with Crippen molar-refractivity contribution in [2.75, 3.05) is 18.0 Å². The first-order valence-electron chi connectivity index (χ1n) is 6.48. The van der Waals surface area contributed by atoms with Crippen molar-refractivity contribution in [1.82, 2.24) is 10.3 Å². The number of hydrogen-bond acceptors (Lipinski definition) is 2. The molecule has 4 rings (SSSR count). The fourth-order valence-corrected chi connectivity index (χ4v) is 3.40. The highest BCUT2D eigenvalue weighted by Gasteiger charge is 2.36. The van der Waals surface area contributed by atoms with E-state index in [4.69, 9.17) is 0 Å². The standard InChI is InChI=1S/C14H17N3/c1-2-13-9-15-8-12(1)17(13)11-3-4-14-10(7-11)5-6-16-14/h3-7,12-13,15-16H,1-2,8-9H2. The van der Waals surface area contributed by atoms with Crippen LogP contribution in [0.2, 0.25) is 0 Å². The molecule has 3 heteroatoms. The lowest BCUT2D eigenvalue weighted by Gasteiger charge is -2.37. The molecule has 3 nitrogen and oxygen atoms in total. The van der Waals surface area contributed by atoms with Crippen molar-refractivity contribution in [3.05, 3.63) is 30.5 Å². The van der Waals surface area contributed by atoms with Gasteiger partial charge in [-0.3, -0.25) is 0 Å². The molecule has 0 radical (unpaired) electrons. The molecule has 17 heavy (non-hydrogen) atoms. The summed E-state index contributed by atoms with van der Waals surface area (Å²) >= 11 is 0. The van der Waals surface area contributed by atoms with Crippen LogP contribution in [0.15, 0.2) is 30.5 Å². The van der Waals surface area contributed by atoms with E-state index in [2.05, 4.69) is 39.5 Å². The van der Waals surface area contributed by atoms with E-state index in [9.17, 15) is 0 Å². The highest BCUT2D eigenvalue weighted by Crippen LogP contribution is 2.33. The summed E-state index contributed by atoms with van der Waals surface area (Å²) in [5.41, 5.74) is 2.63. The second-order valence-electron chi connectivity index (χ2n) is 5.20. The number of nitrogens with one attached hydrogen (secondary N) is 2. The third kappa shape index (κ3) is 1.39. The average Bonchev–Trinajstić information content (AvgIpc) is 2.91. The maximum absolute atomic E-state index is 3.53. The number of nitrogens with zero attached hydrogens (tertiary/aromatic N) is 1. The van der Waals surface area contributed by atoms with Crippen LogP contribution in [0.4, 0.5) is 5.69 Å². The monoisotopic (exact) mass is 227 g/mol. The van der Waals surface area contributed by atoms with Crippen molar-refractivity contribution in [3.63, 3.8) is 0 Å². The Kier molecular flexibility index (Phi) is 1.97. The van der Waals surface area contributed by atoms with Crippen molar-refractivity contribution in [2.24, 2.45) is 0 Å². The number of hydrogen-bond donors (Lipinski definition) is 2. The minimum atomic E-state index is 0.699. The summed E-state index contributed by atoms with van der Waals surface area (Å²) < 4.78 is 0. The molecule has 2 aromatic rings. The Morgan fingerprint density at radius 2 is 1.88 bits per heavy atom. The molecule has 0 aliphatic carbocycles. The number of rotatable bonds is 1. The van der Waals surface area contributed by atoms with E-state index in [1.165, 1.54) is 29.4 Å². The van der Waals surface area contributed by atoms with E-state index >= 15 is 0 Å². The fourth-order valence-electron chi connectivity index (χ4n) is 3.40. The molecular formula is C14H17N3. The van der Waals surface area contributed by atoms with Gasteiger partial charge in [0.1, 0.15) is 0 Å². The molecule has 1 aromatic carbocycles. The van der Waals surface area contributed by atoms with Crippen molar-refractivity contribution < 1.29 is 0 Å². The minimum Gasteiger partial charge on any atom is -0.363 e. The first kappa shape index (κ1) is 9.54. The maximum atomic E-state index is 3.53. The van der Waals surface area contributed by atoms with Crippen LogP contribution in [0.3, 0.4) is 0 Å². The first-order valence-corrected chi connectivity index (χ1v) is 6.48. The number of aromatic nitrogens is 1. The summed E-state index contributed by atoms with van der Waals surface area (Å²) in [5, 5.41) is 4.85. The lowest BCUT2D eigenvalue weighted by molar-refractivity contribution is 0.485. The molecule has 3 heterocycles. The predicted molar refractivity (Wildman–Crippen MR) is 70.5 cm³/mol. The second-order valence-corrected chi connectivity index (χ2v) is 5.20. The summed E-state index contributed by atoms with van der Waals surface area (Å²) in [7, 11) is 0. The van der Waals surface area contributed by atoms with Gasteiger partial charge in [-0.2, -0.15) is 0 Å². The van der Waals surface area contributed by atoms with Gasteiger partial charge in [-0.1, -0.05) is 0 Å². The minimum absolute atomic E-state index is 0.699. The van der Waals surface area contributed by atoms with E-state index in [1.807, 2.05) is 6.20 Å². The zero-order chi connectivity index (χ0) is 11.2. The third-order valence-corrected chi connectivity index (χ3v) is 4.21. The van der Waals surface area contributed by atoms with Gasteiger partial charge in [0.05, 0.1) is 0 Å². The summed E-state index contributed by atoms with van der Waals surface area (Å²) in [6.45, 7) is 2.28. The van der Waals surface area contributed by atoms with Gasteiger partial charge in [0.15, 0.2) is 0 Å². The number of H-pyrrole nitrogens is 1. The number of piperazine rings is 1. The van der Waals surface area contributed by atoms with Gasteiger partial charge in [-0.25, -0.2) is 0 Å². The lowest BCUT2D eigenvalue weighted by atomic mass is 10.1. The molecule has 2 unspecified atom stereocenters. The van der Waals surface area contributed by atoms with Gasteiger partial charge in [0.2, 0.25) is 0 Å². The Labute approximate surface area is 101 Å². The van der Waals surface area contributed by atoms with E-state index in [1.54, 1.807) is 0 Å². The molecule has 88 valence electrons. The van der Waals surface area contributed by atoms with Gasteiger partial charge in [0.25, 0.3) is 0 Å². The van der Waals surface area contributed by atoms with Crippen molar-refractivity contribution in [3.8, 4) is 0 Å². The molecule has 0 spiro atoms. The van der Waals surface area contributed by atoms with E-state index in [0.717, 1.165) is 13.1 Å². The number of aromatic amines is 1. The Hall–Kier alpha value is -1.48. The average molecular weight is 227 g/mol. The van der Waals surface area contributed by atoms with Gasteiger partial charge in [0, 0.05) is 48.0 Å². The fraction of sp³-hybridized carbons (Fsp3) is 0.429. The Morgan fingerprint density at radius 1 is 1.06 bits per heavy atom. The van der Waals surface area contributed by atoms with Gasteiger partial charge >= 0.3 is 0 Å². The summed E-state index contributed by atoms with van der Waals surface area (Å²) in [5.74, 6) is 0. The normalized spacial score (nSPS) is 27.9. The molecule has 1 aromatic heterocycles. The third-order valence-electron chi connectivity index (χ3n) is 4.21. The largest absolute Gasteiger partial charge is 0.363 e. The van der Waals surface area contributed by atoms with Crippen LogP contribution in [0.5, 0.6) is 0 Å². The SMILES string of the molecule is c1cc2cc(N3C4CCC3CNC4)ccc2[nH]1. The van der Waals surface area contributed by atoms with Gasteiger partial charge in [-0.15, -0.1) is 0 Å². The highest BCUT2D eigenvalue weighted by molar-refractivity contribution is 5.83. The second kappa shape index (κ2) is 3.50. The van der Waals surface area contributed by atoms with Crippen LogP contribution in [-0.2, 0) is 0 Å². The van der Waals surface area contributed by atoms with Crippen LogP contribution in [-0.4, -0.2) is 30.2 Å². The molecule has 2 fully saturated rings. The molecular weight excluding hydrogens is 210 g/mol. The zero-order valence-corrected chi connectivity index (χ0v) is 9.82. The molecule has 2 saturated heterocycles. The molecule has 2 aliphatic heterocycles. The molecule has 0 saturated carbocycles. The number of benzene rings is 1. The number of anilines is 1. The van der Waals surface area contributed by atoms with E-state index in [-0.39, 0.29) is 0 Å². The van der Waals surface area contributed by atoms with Crippen LogP contribution in [0.1, 0.15) is 12.8 Å². The van der Waals surface area contributed by atoms with E-state index in [0.29, 0.717) is 12.1 Å². The Balaban J connectivity index is 1.78. The zero-order valence-electron chi connectivity index (χ0n) is 9.82. The maximum Gasteiger partial charge on any atom is 0.0455 e. The van der Waals surface area contributed by atoms with Gasteiger partial charge in [-0.05, 0) is 37.1 Å². The predicted octanol–water partition coefficient (Wildman–Crippen LogP) is 2.11. The van der Waals surface area contributed by atoms with Crippen LogP contribution < -0.4 is 10.2 Å². The van der Waals surface area contributed by atoms with Crippen molar-refractivity contribution in [2.45, 2.75) is 24.9 Å². The Bertz CT molecular complexity index is 529. The molecule has 2 aliphatic rings. The lowest BCUT2D eigenvalue weighted by Crippen LogP contribution is -2.51. The molecule has 2 atom stereocenters. The topological polar surface area (TPSA) is 31.1 Å². The van der Waals surface area contributed by atoms with Gasteiger partial charge < -0.3 is 15.2 Å². The van der Waals surface area contributed by atoms with Crippen LogP contribution in [0.25, 0.3) is 10.9 Å². The summed E-state index contributed by atoms with van der Waals surface area (Å²) in [6.07, 6.45) is 4.69.